The van der Waals surface area contributed by atoms with Crippen molar-refractivity contribution < 1.29 is 23.5 Å². The number of hydroxylamine groups is 1. The number of benzene rings is 3. The summed E-state index contributed by atoms with van der Waals surface area (Å²) in [7, 11) is 0. The van der Waals surface area contributed by atoms with Crippen molar-refractivity contribution in [3.05, 3.63) is 78.4 Å². The van der Waals surface area contributed by atoms with Gasteiger partial charge in [0.2, 0.25) is 0 Å². The number of amides is 1. The van der Waals surface area contributed by atoms with Gasteiger partial charge < -0.3 is 9.29 Å². The molecule has 7 nitrogen and oxygen atoms in total. The van der Waals surface area contributed by atoms with Gasteiger partial charge in [-0.2, -0.15) is 0 Å². The molecule has 1 aliphatic heterocycles. The van der Waals surface area contributed by atoms with Crippen LogP contribution in [-0.2, 0) is 22.5 Å². The number of ether oxygens (including phenoxy) is 1. The Kier molecular flexibility index (Phi) is 6.05. The van der Waals surface area contributed by atoms with Crippen LogP contribution in [0.3, 0.4) is 0 Å². The summed E-state index contributed by atoms with van der Waals surface area (Å²) in [6.07, 6.45) is 0.0881. The summed E-state index contributed by atoms with van der Waals surface area (Å²) in [5, 5.41) is 9.21. The number of hydrogen-bond acceptors (Lipinski definition) is 6. The number of fused-ring (bicyclic) bond motifs is 2. The van der Waals surface area contributed by atoms with E-state index in [1.165, 1.54) is 11.8 Å². The molecule has 3 aromatic carbocycles. The minimum absolute atomic E-state index is 0.0881. The highest BCUT2D eigenvalue weighted by atomic mass is 32.2. The van der Waals surface area contributed by atoms with E-state index in [9.17, 15) is 18.8 Å². The predicted octanol–water partition coefficient (Wildman–Crippen LogP) is 3.66. The number of anilines is 1. The van der Waals surface area contributed by atoms with Crippen LogP contribution in [0.25, 0.3) is 0 Å². The highest BCUT2D eigenvalue weighted by molar-refractivity contribution is 7.99. The monoisotopic (exact) mass is 441 g/mol. The number of carbonyl (C=O) groups is 1. The third kappa shape index (κ3) is 4.19. The van der Waals surface area contributed by atoms with E-state index in [1.807, 2.05) is 30.3 Å². The van der Waals surface area contributed by atoms with Crippen LogP contribution < -0.4 is 14.5 Å². The Morgan fingerprint density at radius 1 is 1.07 bits per heavy atom. The molecule has 9 heteroatoms. The SMILES string of the molecule is O=C(NO)C(Cc1ccccc1)N(c1ccc2c(c1)Sc1ccccc1O2)S(=O)[O-]. The molecule has 0 saturated carbocycles. The van der Waals surface area contributed by atoms with Crippen molar-refractivity contribution in [2.45, 2.75) is 22.3 Å². The molecule has 0 radical (unpaired) electrons. The Hall–Kier alpha value is -2.85. The van der Waals surface area contributed by atoms with Crippen molar-refractivity contribution in [1.82, 2.24) is 5.48 Å². The lowest BCUT2D eigenvalue weighted by atomic mass is 10.0. The van der Waals surface area contributed by atoms with E-state index < -0.39 is 23.2 Å². The van der Waals surface area contributed by atoms with Crippen LogP contribution in [0, 0.1) is 0 Å². The average Bonchev–Trinajstić information content (AvgIpc) is 2.77. The van der Waals surface area contributed by atoms with Gasteiger partial charge in [0.05, 0.1) is 15.5 Å². The first-order valence-electron chi connectivity index (χ1n) is 9.02. The first kappa shape index (κ1) is 20.4. The van der Waals surface area contributed by atoms with Gasteiger partial charge in [0.25, 0.3) is 5.91 Å². The summed E-state index contributed by atoms with van der Waals surface area (Å²) in [6.45, 7) is 0. The number of nitrogens with one attached hydrogen (secondary N) is 1. The van der Waals surface area contributed by atoms with Gasteiger partial charge in [-0.05, 0) is 35.9 Å². The largest absolute Gasteiger partial charge is 0.755 e. The Bertz CT molecular complexity index is 1090. The maximum atomic E-state index is 12.4. The van der Waals surface area contributed by atoms with Crippen LogP contribution in [0.15, 0.2) is 82.6 Å². The van der Waals surface area contributed by atoms with Crippen LogP contribution in [0.4, 0.5) is 5.69 Å². The van der Waals surface area contributed by atoms with Gasteiger partial charge in [-0.15, -0.1) is 0 Å². The van der Waals surface area contributed by atoms with E-state index in [-0.39, 0.29) is 6.42 Å². The standard InChI is InChI=1S/C21H18N2O5S2/c24-21(22-25)16(12-14-6-2-1-3-7-14)23(30(26)27)15-10-11-18-20(13-15)29-19-9-5-4-8-17(19)28-18/h1-11,13,16,25H,12H2,(H,22,24)(H,26,27)/p-1. The molecule has 0 saturated heterocycles. The molecule has 2 N–H and O–H groups in total. The van der Waals surface area contributed by atoms with Gasteiger partial charge in [0, 0.05) is 17.7 Å². The normalized spacial score (nSPS) is 13.9. The molecule has 0 aliphatic carbocycles. The molecular weight excluding hydrogens is 424 g/mol. The highest BCUT2D eigenvalue weighted by Crippen LogP contribution is 2.48. The Morgan fingerprint density at radius 2 is 1.77 bits per heavy atom. The lowest BCUT2D eigenvalue weighted by molar-refractivity contribution is -0.130. The second kappa shape index (κ2) is 8.88. The van der Waals surface area contributed by atoms with Crippen molar-refractivity contribution in [3.63, 3.8) is 0 Å². The molecule has 0 aromatic heterocycles. The zero-order valence-electron chi connectivity index (χ0n) is 15.6. The number of rotatable bonds is 6. The fourth-order valence-corrected chi connectivity index (χ4v) is 4.87. The zero-order chi connectivity index (χ0) is 21.1. The lowest BCUT2D eigenvalue weighted by Crippen LogP contribution is -2.48. The topological polar surface area (TPSA) is 102 Å². The summed E-state index contributed by atoms with van der Waals surface area (Å²) >= 11 is -1.31. The molecule has 2 atom stereocenters. The molecule has 4 rings (SSSR count). The smallest absolute Gasteiger partial charge is 0.267 e. The van der Waals surface area contributed by atoms with E-state index in [0.717, 1.165) is 25.4 Å². The van der Waals surface area contributed by atoms with E-state index in [4.69, 9.17) is 4.74 Å². The van der Waals surface area contributed by atoms with Gasteiger partial charge in [0.1, 0.15) is 17.5 Å². The first-order valence-corrected chi connectivity index (χ1v) is 10.9. The van der Waals surface area contributed by atoms with E-state index in [1.54, 1.807) is 47.9 Å². The molecule has 154 valence electrons. The molecule has 30 heavy (non-hydrogen) atoms. The van der Waals surface area contributed by atoms with Crippen molar-refractivity contribution in [2.75, 3.05) is 4.31 Å². The molecule has 1 heterocycles. The molecule has 2 unspecified atom stereocenters. The average molecular weight is 442 g/mol. The van der Waals surface area contributed by atoms with Crippen molar-refractivity contribution in [2.24, 2.45) is 0 Å². The Morgan fingerprint density at radius 3 is 2.50 bits per heavy atom. The minimum atomic E-state index is -2.76. The van der Waals surface area contributed by atoms with Crippen LogP contribution in [0.1, 0.15) is 5.56 Å². The molecule has 1 amide bonds. The van der Waals surface area contributed by atoms with Gasteiger partial charge in [-0.1, -0.05) is 54.2 Å². The molecule has 0 spiro atoms. The summed E-state index contributed by atoms with van der Waals surface area (Å²) < 4.78 is 31.1. The first-order chi connectivity index (χ1) is 14.6. The van der Waals surface area contributed by atoms with Gasteiger partial charge in [-0.25, -0.2) is 5.48 Å². The molecule has 1 aliphatic rings. The lowest BCUT2D eigenvalue weighted by Gasteiger charge is -2.34. The second-order valence-electron chi connectivity index (χ2n) is 6.51. The molecule has 0 fully saturated rings. The zero-order valence-corrected chi connectivity index (χ0v) is 17.2. The van der Waals surface area contributed by atoms with Crippen LogP contribution >= 0.6 is 11.8 Å². The van der Waals surface area contributed by atoms with Gasteiger partial charge in [-0.3, -0.25) is 18.5 Å². The third-order valence-electron chi connectivity index (χ3n) is 4.60. The third-order valence-corrected chi connectivity index (χ3v) is 6.48. The summed E-state index contributed by atoms with van der Waals surface area (Å²) in [5.74, 6) is 0.508. The van der Waals surface area contributed by atoms with Crippen molar-refractivity contribution in [3.8, 4) is 11.5 Å². The van der Waals surface area contributed by atoms with E-state index >= 15 is 0 Å². The molecule has 0 bridgehead atoms. The fourth-order valence-electron chi connectivity index (χ4n) is 3.22. The van der Waals surface area contributed by atoms with E-state index in [0.29, 0.717) is 11.4 Å². The van der Waals surface area contributed by atoms with Crippen LogP contribution in [-0.4, -0.2) is 25.9 Å². The number of carbonyl (C=O) groups excluding carboxylic acids is 1. The Balaban J connectivity index is 1.70. The summed E-state index contributed by atoms with van der Waals surface area (Å²) in [6, 6.07) is 20.3. The van der Waals surface area contributed by atoms with Crippen LogP contribution in [0.2, 0.25) is 0 Å². The summed E-state index contributed by atoms with van der Waals surface area (Å²) in [4.78, 5) is 14.0. The predicted molar refractivity (Wildman–Crippen MR) is 112 cm³/mol. The Labute approximate surface area is 180 Å². The molecule has 3 aromatic rings. The van der Waals surface area contributed by atoms with E-state index in [2.05, 4.69) is 0 Å². The summed E-state index contributed by atoms with van der Waals surface area (Å²) in [5.41, 5.74) is 2.63. The number of nitrogens with zero attached hydrogens (tertiary/aromatic N) is 1. The van der Waals surface area contributed by atoms with Crippen molar-refractivity contribution in [1.29, 1.82) is 0 Å². The number of hydrogen-bond donors (Lipinski definition) is 2. The maximum absolute atomic E-state index is 12.4. The molecular formula is C21H17N2O5S2-. The fraction of sp³-hybridized carbons (Fsp3) is 0.0952. The van der Waals surface area contributed by atoms with Gasteiger partial charge >= 0.3 is 0 Å². The quantitative estimate of drug-likeness (QED) is 0.269. The van der Waals surface area contributed by atoms with Gasteiger partial charge in [0.15, 0.2) is 0 Å². The van der Waals surface area contributed by atoms with Crippen molar-refractivity contribution >= 4 is 34.6 Å². The second-order valence-corrected chi connectivity index (χ2v) is 8.42. The maximum Gasteiger partial charge on any atom is 0.267 e. The highest BCUT2D eigenvalue weighted by Gasteiger charge is 2.29. The van der Waals surface area contributed by atoms with Crippen LogP contribution in [0.5, 0.6) is 11.5 Å². The number of para-hydroxylation sites is 1. The minimum Gasteiger partial charge on any atom is -0.755 e.